The molecule has 10 heteroatoms. The Hall–Kier alpha value is -2.49. The molecule has 19 heavy (non-hydrogen) atoms. The van der Waals surface area contributed by atoms with Crippen LogP contribution >= 0.6 is 11.8 Å². The Morgan fingerprint density at radius 1 is 1.47 bits per heavy atom. The molecule has 2 aromatic rings. The van der Waals surface area contributed by atoms with E-state index in [0.717, 1.165) is 16.4 Å². The molecule has 2 heterocycles. The van der Waals surface area contributed by atoms with Gasteiger partial charge in [-0.2, -0.15) is 0 Å². The summed E-state index contributed by atoms with van der Waals surface area (Å²) in [5.74, 6) is -1.70. The highest BCUT2D eigenvalue weighted by Crippen LogP contribution is 2.25. The van der Waals surface area contributed by atoms with E-state index in [-0.39, 0.29) is 12.2 Å². The molecule has 0 bridgehead atoms. The van der Waals surface area contributed by atoms with Gasteiger partial charge in [-0.1, -0.05) is 0 Å². The lowest BCUT2D eigenvalue weighted by Crippen LogP contribution is -2.13. The molecule has 0 atom stereocenters. The molecule has 0 radical (unpaired) electrons. The molecule has 0 fully saturated rings. The van der Waals surface area contributed by atoms with E-state index in [1.165, 1.54) is 12.3 Å². The quantitative estimate of drug-likeness (QED) is 0.740. The summed E-state index contributed by atoms with van der Waals surface area (Å²) in [6.07, 6.45) is 1.42. The van der Waals surface area contributed by atoms with E-state index in [0.29, 0.717) is 10.1 Å². The first-order chi connectivity index (χ1) is 9.06. The number of pyridine rings is 1. The molecule has 98 valence electrons. The fraction of sp³-hybridized carbons (Fsp3) is 0.111. The van der Waals surface area contributed by atoms with Crippen LogP contribution in [0, 0.1) is 0 Å². The van der Waals surface area contributed by atoms with Crippen molar-refractivity contribution in [1.82, 2.24) is 25.2 Å². The molecule has 0 unspecified atom stereocenters. The zero-order chi connectivity index (χ0) is 13.8. The number of nitrogens with two attached hydrogens (primary N) is 1. The Labute approximate surface area is 110 Å². The number of hydrogen-bond acceptors (Lipinski definition) is 7. The standard InChI is InChI=1S/C9H8N6O3S/c10-8(18)6-3-5(1-2-11-6)19-9-12-13-14-15(9)4-7(16)17/h1-3H,4H2,(H2,10,18)(H,16,17). The summed E-state index contributed by atoms with van der Waals surface area (Å²) in [5.41, 5.74) is 5.23. The number of aliphatic carboxylic acids is 1. The Morgan fingerprint density at radius 2 is 2.26 bits per heavy atom. The maximum absolute atomic E-state index is 11.0. The summed E-state index contributed by atoms with van der Waals surface area (Å²) in [6.45, 7) is -0.344. The highest BCUT2D eigenvalue weighted by atomic mass is 32.2. The van der Waals surface area contributed by atoms with Gasteiger partial charge in [0.2, 0.25) is 5.16 Å². The van der Waals surface area contributed by atoms with Crippen LogP contribution < -0.4 is 5.73 Å². The Morgan fingerprint density at radius 3 is 2.95 bits per heavy atom. The highest BCUT2D eigenvalue weighted by molar-refractivity contribution is 7.99. The van der Waals surface area contributed by atoms with Crippen LogP contribution in [0.25, 0.3) is 0 Å². The van der Waals surface area contributed by atoms with Crippen LogP contribution in [-0.2, 0) is 11.3 Å². The predicted molar refractivity (Wildman–Crippen MR) is 62.3 cm³/mol. The number of hydrogen-bond donors (Lipinski definition) is 2. The summed E-state index contributed by atoms with van der Waals surface area (Å²) in [5, 5.41) is 19.7. The lowest BCUT2D eigenvalue weighted by atomic mass is 10.3. The zero-order valence-electron chi connectivity index (χ0n) is 9.42. The summed E-state index contributed by atoms with van der Waals surface area (Å²) in [7, 11) is 0. The van der Waals surface area contributed by atoms with Crippen LogP contribution in [0.3, 0.4) is 0 Å². The van der Waals surface area contributed by atoms with Crippen molar-refractivity contribution < 1.29 is 14.7 Å². The normalized spacial score (nSPS) is 10.3. The molecule has 2 rings (SSSR count). The van der Waals surface area contributed by atoms with Gasteiger partial charge in [0, 0.05) is 11.1 Å². The van der Waals surface area contributed by atoms with E-state index in [4.69, 9.17) is 10.8 Å². The predicted octanol–water partition coefficient (Wildman–Crippen LogP) is -0.597. The Balaban J connectivity index is 2.21. The number of tetrazole rings is 1. The van der Waals surface area contributed by atoms with Crippen LogP contribution in [0.2, 0.25) is 0 Å². The molecule has 0 aliphatic carbocycles. The van der Waals surface area contributed by atoms with Gasteiger partial charge in [-0.25, -0.2) is 4.68 Å². The number of carboxylic acids is 1. The Kier molecular flexibility index (Phi) is 3.71. The zero-order valence-corrected chi connectivity index (χ0v) is 10.2. The fourth-order valence-corrected chi connectivity index (χ4v) is 2.01. The molecule has 0 aliphatic heterocycles. The second-order valence-corrected chi connectivity index (χ2v) is 4.40. The summed E-state index contributed by atoms with van der Waals surface area (Å²) < 4.78 is 1.14. The van der Waals surface area contributed by atoms with Gasteiger partial charge in [-0.3, -0.25) is 14.6 Å². The first-order valence-electron chi connectivity index (χ1n) is 4.98. The third-order valence-electron chi connectivity index (χ3n) is 1.98. The van der Waals surface area contributed by atoms with Gasteiger partial charge in [0.25, 0.3) is 5.91 Å². The van der Waals surface area contributed by atoms with E-state index in [9.17, 15) is 9.59 Å². The molecule has 0 spiro atoms. The first kappa shape index (κ1) is 13.0. The molecular formula is C9H8N6O3S. The third kappa shape index (κ3) is 3.25. The summed E-state index contributed by atoms with van der Waals surface area (Å²) >= 11 is 1.11. The molecule has 3 N–H and O–H groups in total. The number of primary amides is 1. The minimum atomic E-state index is -1.05. The molecule has 1 amide bonds. The number of carbonyl (C=O) groups is 2. The Bertz CT molecular complexity index is 628. The van der Waals surface area contributed by atoms with Crippen LogP contribution in [0.5, 0.6) is 0 Å². The average molecular weight is 280 g/mol. The molecule has 0 saturated heterocycles. The van der Waals surface area contributed by atoms with Crippen molar-refractivity contribution in [1.29, 1.82) is 0 Å². The van der Waals surface area contributed by atoms with E-state index in [2.05, 4.69) is 20.5 Å². The maximum Gasteiger partial charge on any atom is 0.325 e. The fourth-order valence-electron chi connectivity index (χ4n) is 1.21. The lowest BCUT2D eigenvalue weighted by molar-refractivity contribution is -0.138. The molecule has 9 nitrogen and oxygen atoms in total. The average Bonchev–Trinajstić information content (AvgIpc) is 2.76. The molecule has 0 aromatic carbocycles. The number of carboxylic acid groups (broad SMARTS) is 1. The number of nitrogens with zero attached hydrogens (tertiary/aromatic N) is 5. The minimum absolute atomic E-state index is 0.113. The highest BCUT2D eigenvalue weighted by Gasteiger charge is 2.12. The molecule has 2 aromatic heterocycles. The van der Waals surface area contributed by atoms with E-state index in [1.807, 2.05) is 0 Å². The monoisotopic (exact) mass is 280 g/mol. The van der Waals surface area contributed by atoms with Crippen molar-refractivity contribution in [2.75, 3.05) is 0 Å². The number of aromatic nitrogens is 5. The van der Waals surface area contributed by atoms with Crippen molar-refractivity contribution in [3.8, 4) is 0 Å². The first-order valence-corrected chi connectivity index (χ1v) is 5.79. The van der Waals surface area contributed by atoms with Gasteiger partial charge in [-0.05, 0) is 34.3 Å². The summed E-state index contributed by atoms with van der Waals surface area (Å²) in [6, 6.07) is 3.11. The molecule has 0 aliphatic rings. The smallest absolute Gasteiger partial charge is 0.325 e. The van der Waals surface area contributed by atoms with Crippen LogP contribution in [-0.4, -0.2) is 42.2 Å². The topological polar surface area (TPSA) is 137 Å². The van der Waals surface area contributed by atoms with Gasteiger partial charge in [0.15, 0.2) is 0 Å². The summed E-state index contributed by atoms with van der Waals surface area (Å²) in [4.78, 5) is 26.0. The van der Waals surface area contributed by atoms with E-state index >= 15 is 0 Å². The second-order valence-electron chi connectivity index (χ2n) is 3.36. The molecular weight excluding hydrogens is 272 g/mol. The van der Waals surface area contributed by atoms with Crippen molar-refractivity contribution in [2.24, 2.45) is 5.73 Å². The van der Waals surface area contributed by atoms with Crippen LogP contribution in [0.15, 0.2) is 28.4 Å². The SMILES string of the molecule is NC(=O)c1cc(Sc2nnnn2CC(=O)O)ccn1. The second kappa shape index (κ2) is 5.44. The van der Waals surface area contributed by atoms with Gasteiger partial charge in [0.1, 0.15) is 12.2 Å². The van der Waals surface area contributed by atoms with Gasteiger partial charge in [-0.15, -0.1) is 5.10 Å². The minimum Gasteiger partial charge on any atom is -0.480 e. The van der Waals surface area contributed by atoms with Crippen molar-refractivity contribution in [3.05, 3.63) is 24.0 Å². The lowest BCUT2D eigenvalue weighted by Gasteiger charge is -2.02. The number of rotatable bonds is 5. The third-order valence-corrected chi connectivity index (χ3v) is 2.94. The van der Waals surface area contributed by atoms with Gasteiger partial charge >= 0.3 is 5.97 Å². The molecule has 0 saturated carbocycles. The number of carbonyl (C=O) groups excluding carboxylic acids is 1. The van der Waals surface area contributed by atoms with Crippen molar-refractivity contribution in [3.63, 3.8) is 0 Å². The van der Waals surface area contributed by atoms with Gasteiger partial charge < -0.3 is 10.8 Å². The maximum atomic E-state index is 11.0. The van der Waals surface area contributed by atoms with Gasteiger partial charge in [0.05, 0.1) is 0 Å². The van der Waals surface area contributed by atoms with Crippen molar-refractivity contribution >= 4 is 23.6 Å². The van der Waals surface area contributed by atoms with E-state index < -0.39 is 11.9 Å². The van der Waals surface area contributed by atoms with Crippen molar-refractivity contribution in [2.45, 2.75) is 16.6 Å². The van der Waals surface area contributed by atoms with Crippen LogP contribution in [0.1, 0.15) is 10.5 Å². The van der Waals surface area contributed by atoms with Crippen LogP contribution in [0.4, 0.5) is 0 Å². The number of amides is 1. The largest absolute Gasteiger partial charge is 0.480 e. The van der Waals surface area contributed by atoms with E-state index in [1.54, 1.807) is 6.07 Å².